The Morgan fingerprint density at radius 2 is 1.95 bits per heavy atom. The quantitative estimate of drug-likeness (QED) is 0.597. The zero-order valence-electron chi connectivity index (χ0n) is 13.6. The molecule has 0 N–H and O–H groups in total. The standard InChI is InChI=1S/C16H25N3O3/c1-4-17(5-2)13-8-10-18(11-9-13)16-12-14(22-3)6-7-15(16)19(20)21/h6-7,12-13H,4-5,8-11H2,1-3H3. The normalized spacial score (nSPS) is 16.1. The second kappa shape index (κ2) is 7.45. The van der Waals surface area contributed by atoms with E-state index in [4.69, 9.17) is 4.74 Å². The fraction of sp³-hybridized carbons (Fsp3) is 0.625. The van der Waals surface area contributed by atoms with E-state index in [0.717, 1.165) is 39.0 Å². The Morgan fingerprint density at radius 1 is 1.32 bits per heavy atom. The van der Waals surface area contributed by atoms with Crippen LogP contribution in [0.1, 0.15) is 26.7 Å². The third-order valence-corrected chi connectivity index (χ3v) is 4.51. The number of nitro benzene ring substituents is 1. The van der Waals surface area contributed by atoms with E-state index in [0.29, 0.717) is 17.5 Å². The molecule has 1 saturated heterocycles. The van der Waals surface area contributed by atoms with Gasteiger partial charge in [-0.15, -0.1) is 0 Å². The number of nitro groups is 1. The average Bonchev–Trinajstić information content (AvgIpc) is 2.56. The molecule has 0 saturated carbocycles. The number of benzene rings is 1. The van der Waals surface area contributed by atoms with Gasteiger partial charge in [-0.3, -0.25) is 10.1 Å². The number of piperidine rings is 1. The zero-order valence-corrected chi connectivity index (χ0v) is 13.6. The van der Waals surface area contributed by atoms with Crippen molar-refractivity contribution in [1.29, 1.82) is 0 Å². The molecule has 0 atom stereocenters. The fourth-order valence-corrected chi connectivity index (χ4v) is 3.25. The van der Waals surface area contributed by atoms with E-state index < -0.39 is 0 Å². The van der Waals surface area contributed by atoms with Crippen LogP contribution in [0.15, 0.2) is 18.2 Å². The average molecular weight is 307 g/mol. The summed E-state index contributed by atoms with van der Waals surface area (Å²) >= 11 is 0. The first-order chi connectivity index (χ1) is 10.6. The van der Waals surface area contributed by atoms with Gasteiger partial charge in [0.2, 0.25) is 0 Å². The molecule has 0 radical (unpaired) electrons. The van der Waals surface area contributed by atoms with Gasteiger partial charge in [0.1, 0.15) is 11.4 Å². The number of methoxy groups -OCH3 is 1. The van der Waals surface area contributed by atoms with Crippen molar-refractivity contribution < 1.29 is 9.66 Å². The summed E-state index contributed by atoms with van der Waals surface area (Å²) in [6.07, 6.45) is 2.08. The van der Waals surface area contributed by atoms with Gasteiger partial charge in [-0.25, -0.2) is 0 Å². The van der Waals surface area contributed by atoms with Crippen LogP contribution in [0.5, 0.6) is 5.75 Å². The molecule has 6 nitrogen and oxygen atoms in total. The van der Waals surface area contributed by atoms with E-state index >= 15 is 0 Å². The highest BCUT2D eigenvalue weighted by atomic mass is 16.6. The molecular weight excluding hydrogens is 282 g/mol. The Morgan fingerprint density at radius 3 is 2.45 bits per heavy atom. The second-order valence-electron chi connectivity index (χ2n) is 5.55. The molecule has 0 aliphatic carbocycles. The van der Waals surface area contributed by atoms with Crippen LogP contribution in [0.4, 0.5) is 11.4 Å². The minimum absolute atomic E-state index is 0.155. The predicted octanol–water partition coefficient (Wildman–Crippen LogP) is 2.91. The number of nitrogens with zero attached hydrogens (tertiary/aromatic N) is 3. The Hall–Kier alpha value is -1.82. The van der Waals surface area contributed by atoms with Crippen molar-refractivity contribution in [2.24, 2.45) is 0 Å². The Bertz CT molecular complexity index is 509. The summed E-state index contributed by atoms with van der Waals surface area (Å²) in [5.41, 5.74) is 0.824. The smallest absolute Gasteiger partial charge is 0.292 e. The Labute approximate surface area is 131 Å². The molecule has 1 aromatic carbocycles. The van der Waals surface area contributed by atoms with E-state index in [1.807, 2.05) is 0 Å². The molecule has 1 aliphatic rings. The number of ether oxygens (including phenoxy) is 1. The van der Waals surface area contributed by atoms with Gasteiger partial charge in [0.15, 0.2) is 0 Å². The lowest BCUT2D eigenvalue weighted by atomic mass is 10.0. The molecule has 122 valence electrons. The summed E-state index contributed by atoms with van der Waals surface area (Å²) in [4.78, 5) is 15.5. The molecular formula is C16H25N3O3. The van der Waals surface area contributed by atoms with Gasteiger partial charge in [-0.05, 0) is 32.0 Å². The minimum atomic E-state index is -0.314. The number of hydrogen-bond acceptors (Lipinski definition) is 5. The topological polar surface area (TPSA) is 58.8 Å². The fourth-order valence-electron chi connectivity index (χ4n) is 3.25. The maximum absolute atomic E-state index is 11.3. The molecule has 0 spiro atoms. The van der Waals surface area contributed by atoms with E-state index in [1.165, 1.54) is 6.07 Å². The van der Waals surface area contributed by atoms with E-state index in [2.05, 4.69) is 23.6 Å². The zero-order chi connectivity index (χ0) is 16.1. The van der Waals surface area contributed by atoms with Gasteiger partial charge in [-0.1, -0.05) is 13.8 Å². The lowest BCUT2D eigenvalue weighted by molar-refractivity contribution is -0.384. The highest BCUT2D eigenvalue weighted by molar-refractivity contribution is 5.66. The maximum Gasteiger partial charge on any atom is 0.292 e. The Kier molecular flexibility index (Phi) is 5.60. The van der Waals surface area contributed by atoms with Crippen molar-refractivity contribution in [3.05, 3.63) is 28.3 Å². The molecule has 6 heteroatoms. The summed E-state index contributed by atoms with van der Waals surface area (Å²) < 4.78 is 5.22. The number of hydrogen-bond donors (Lipinski definition) is 0. The molecule has 1 aromatic rings. The molecule has 22 heavy (non-hydrogen) atoms. The predicted molar refractivity (Wildman–Crippen MR) is 87.8 cm³/mol. The van der Waals surface area contributed by atoms with Crippen LogP contribution in [0.3, 0.4) is 0 Å². The third kappa shape index (κ3) is 3.50. The van der Waals surface area contributed by atoms with Crippen LogP contribution < -0.4 is 9.64 Å². The van der Waals surface area contributed by atoms with Crippen LogP contribution in [-0.2, 0) is 0 Å². The van der Waals surface area contributed by atoms with Gasteiger partial charge in [0.05, 0.1) is 12.0 Å². The lowest BCUT2D eigenvalue weighted by Crippen LogP contribution is -2.45. The van der Waals surface area contributed by atoms with Gasteiger partial charge in [0, 0.05) is 31.3 Å². The number of rotatable bonds is 6. The summed E-state index contributed by atoms with van der Waals surface area (Å²) in [5, 5.41) is 11.3. The first-order valence-electron chi connectivity index (χ1n) is 7.92. The van der Waals surface area contributed by atoms with Gasteiger partial charge < -0.3 is 14.5 Å². The van der Waals surface area contributed by atoms with Crippen molar-refractivity contribution in [1.82, 2.24) is 4.90 Å². The van der Waals surface area contributed by atoms with E-state index in [1.54, 1.807) is 19.2 Å². The summed E-state index contributed by atoms with van der Waals surface area (Å²) in [6.45, 7) is 8.16. The van der Waals surface area contributed by atoms with Crippen molar-refractivity contribution in [2.75, 3.05) is 38.2 Å². The summed E-state index contributed by atoms with van der Waals surface area (Å²) in [5.74, 6) is 0.659. The highest BCUT2D eigenvalue weighted by Crippen LogP contribution is 2.34. The van der Waals surface area contributed by atoms with Crippen molar-refractivity contribution in [3.8, 4) is 5.75 Å². The van der Waals surface area contributed by atoms with Gasteiger partial charge >= 0.3 is 0 Å². The van der Waals surface area contributed by atoms with Crippen LogP contribution in [0.2, 0.25) is 0 Å². The van der Waals surface area contributed by atoms with E-state index in [-0.39, 0.29) is 10.6 Å². The SMILES string of the molecule is CCN(CC)C1CCN(c2cc(OC)ccc2[N+](=O)[O-])CC1. The molecule has 0 aromatic heterocycles. The number of anilines is 1. The molecule has 0 amide bonds. The van der Waals surface area contributed by atoms with E-state index in [9.17, 15) is 10.1 Å². The second-order valence-corrected chi connectivity index (χ2v) is 5.55. The van der Waals surface area contributed by atoms with Crippen molar-refractivity contribution in [2.45, 2.75) is 32.7 Å². The maximum atomic E-state index is 11.3. The van der Waals surface area contributed by atoms with Crippen LogP contribution in [0.25, 0.3) is 0 Å². The molecule has 1 aliphatic heterocycles. The van der Waals surface area contributed by atoms with Crippen molar-refractivity contribution >= 4 is 11.4 Å². The van der Waals surface area contributed by atoms with Crippen LogP contribution in [-0.4, -0.2) is 49.2 Å². The van der Waals surface area contributed by atoms with Crippen molar-refractivity contribution in [3.63, 3.8) is 0 Å². The van der Waals surface area contributed by atoms with Crippen LogP contribution >= 0.6 is 0 Å². The molecule has 1 fully saturated rings. The van der Waals surface area contributed by atoms with Gasteiger partial charge in [0.25, 0.3) is 5.69 Å². The molecule has 1 heterocycles. The lowest BCUT2D eigenvalue weighted by Gasteiger charge is -2.38. The largest absolute Gasteiger partial charge is 0.497 e. The van der Waals surface area contributed by atoms with Crippen LogP contribution in [0, 0.1) is 10.1 Å². The minimum Gasteiger partial charge on any atom is -0.497 e. The summed E-state index contributed by atoms with van der Waals surface area (Å²) in [6, 6.07) is 5.53. The first-order valence-corrected chi connectivity index (χ1v) is 7.92. The Balaban J connectivity index is 2.15. The molecule has 0 bridgehead atoms. The van der Waals surface area contributed by atoms with Gasteiger partial charge in [-0.2, -0.15) is 0 Å². The molecule has 0 unspecified atom stereocenters. The summed E-state index contributed by atoms with van der Waals surface area (Å²) in [7, 11) is 1.58. The third-order valence-electron chi connectivity index (χ3n) is 4.51. The highest BCUT2D eigenvalue weighted by Gasteiger charge is 2.27. The molecule has 2 rings (SSSR count). The first kappa shape index (κ1) is 16.5. The monoisotopic (exact) mass is 307 g/mol.